The number of likely N-dealkylation sites (N-methyl/N-ethyl adjacent to an activating group) is 1. The summed E-state index contributed by atoms with van der Waals surface area (Å²) in [6.07, 6.45) is 6.85. The van der Waals surface area contributed by atoms with E-state index in [1.165, 1.54) is 58.3 Å². The molecule has 3 atom stereocenters. The molecule has 2 fully saturated rings. The van der Waals surface area contributed by atoms with Crippen molar-refractivity contribution >= 4 is 0 Å². The van der Waals surface area contributed by atoms with E-state index in [9.17, 15) is 0 Å². The van der Waals surface area contributed by atoms with E-state index in [-0.39, 0.29) is 0 Å². The van der Waals surface area contributed by atoms with Gasteiger partial charge in [0.15, 0.2) is 0 Å². The molecule has 18 heavy (non-hydrogen) atoms. The smallest absolute Gasteiger partial charge is 0.0136 e. The molecule has 0 aromatic rings. The summed E-state index contributed by atoms with van der Waals surface area (Å²) in [5.41, 5.74) is 5.96. The van der Waals surface area contributed by atoms with Gasteiger partial charge in [0, 0.05) is 19.1 Å². The van der Waals surface area contributed by atoms with E-state index in [0.717, 1.165) is 24.4 Å². The highest BCUT2D eigenvalue weighted by molar-refractivity contribution is 4.85. The molecule has 0 radical (unpaired) electrons. The number of hydrogen-bond donors (Lipinski definition) is 1. The summed E-state index contributed by atoms with van der Waals surface area (Å²) >= 11 is 0. The Balaban J connectivity index is 1.79. The predicted octanol–water partition coefficient (Wildman–Crippen LogP) is 1.78. The molecule has 1 aliphatic heterocycles. The second kappa shape index (κ2) is 6.88. The van der Waals surface area contributed by atoms with Crippen LogP contribution in [0.1, 0.15) is 39.0 Å². The first-order chi connectivity index (χ1) is 8.70. The van der Waals surface area contributed by atoms with E-state index in [1.807, 2.05) is 0 Å². The second-order valence-corrected chi connectivity index (χ2v) is 6.51. The number of nitrogens with two attached hydrogens (primary N) is 1. The van der Waals surface area contributed by atoms with Crippen LogP contribution in [0.5, 0.6) is 0 Å². The quantitative estimate of drug-likeness (QED) is 0.810. The average molecular weight is 253 g/mol. The molecular weight excluding hydrogens is 222 g/mol. The minimum Gasteiger partial charge on any atom is -0.330 e. The summed E-state index contributed by atoms with van der Waals surface area (Å²) in [5, 5.41) is 0. The lowest BCUT2D eigenvalue weighted by molar-refractivity contribution is 0.0997. The van der Waals surface area contributed by atoms with Crippen molar-refractivity contribution in [1.82, 2.24) is 9.80 Å². The third kappa shape index (κ3) is 3.69. The van der Waals surface area contributed by atoms with Crippen LogP contribution >= 0.6 is 0 Å². The number of nitrogens with zero attached hydrogens (tertiary/aromatic N) is 2. The fourth-order valence-electron chi connectivity index (χ4n) is 3.70. The van der Waals surface area contributed by atoms with Gasteiger partial charge in [-0.1, -0.05) is 13.3 Å². The normalized spacial score (nSPS) is 34.3. The maximum absolute atomic E-state index is 5.96. The average Bonchev–Trinajstić information content (AvgIpc) is 2.89. The zero-order valence-electron chi connectivity index (χ0n) is 12.3. The molecule has 1 heterocycles. The van der Waals surface area contributed by atoms with Gasteiger partial charge in [0.1, 0.15) is 0 Å². The highest BCUT2D eigenvalue weighted by Crippen LogP contribution is 2.31. The molecule has 0 spiro atoms. The zero-order chi connectivity index (χ0) is 13.0. The van der Waals surface area contributed by atoms with Gasteiger partial charge in [-0.05, 0) is 64.2 Å². The Labute approximate surface area is 113 Å². The van der Waals surface area contributed by atoms with Crippen LogP contribution in [-0.4, -0.2) is 55.6 Å². The maximum Gasteiger partial charge on any atom is 0.0136 e. The van der Waals surface area contributed by atoms with E-state index < -0.39 is 0 Å². The van der Waals surface area contributed by atoms with Crippen molar-refractivity contribution in [2.75, 3.05) is 39.8 Å². The first-order valence-electron chi connectivity index (χ1n) is 7.83. The molecule has 1 saturated carbocycles. The third-order valence-corrected chi connectivity index (χ3v) is 5.05. The van der Waals surface area contributed by atoms with Crippen LogP contribution in [0.25, 0.3) is 0 Å². The summed E-state index contributed by atoms with van der Waals surface area (Å²) in [6, 6.07) is 0.723. The molecule has 2 aliphatic rings. The summed E-state index contributed by atoms with van der Waals surface area (Å²) in [6.45, 7) is 8.36. The van der Waals surface area contributed by atoms with Gasteiger partial charge in [-0.25, -0.2) is 0 Å². The summed E-state index contributed by atoms with van der Waals surface area (Å²) in [7, 11) is 2.31. The summed E-state index contributed by atoms with van der Waals surface area (Å²) in [4.78, 5) is 5.20. The minimum atomic E-state index is 0.723. The Hall–Kier alpha value is -0.120. The fraction of sp³-hybridized carbons (Fsp3) is 1.00. The lowest BCUT2D eigenvalue weighted by Gasteiger charge is -2.40. The molecule has 3 nitrogen and oxygen atoms in total. The molecule has 0 bridgehead atoms. The standard InChI is InChI=1S/C15H31N3/c1-13-5-6-14(12-16)15(11-13)17(2)9-10-18-7-3-4-8-18/h13-15H,3-12,16H2,1-2H3. The predicted molar refractivity (Wildman–Crippen MR) is 77.7 cm³/mol. The van der Waals surface area contributed by atoms with Crippen molar-refractivity contribution in [3.05, 3.63) is 0 Å². The van der Waals surface area contributed by atoms with Gasteiger partial charge < -0.3 is 15.5 Å². The second-order valence-electron chi connectivity index (χ2n) is 6.51. The van der Waals surface area contributed by atoms with Gasteiger partial charge in [0.05, 0.1) is 0 Å². The topological polar surface area (TPSA) is 32.5 Å². The Bertz CT molecular complexity index is 238. The molecule has 0 amide bonds. The van der Waals surface area contributed by atoms with Crippen LogP contribution in [0.2, 0.25) is 0 Å². The Morgan fingerprint density at radius 3 is 2.61 bits per heavy atom. The Kier molecular flexibility index (Phi) is 5.46. The van der Waals surface area contributed by atoms with Gasteiger partial charge in [0.25, 0.3) is 0 Å². The van der Waals surface area contributed by atoms with Crippen LogP contribution < -0.4 is 5.73 Å². The molecule has 0 aromatic heterocycles. The summed E-state index contributed by atoms with van der Waals surface area (Å²) < 4.78 is 0. The highest BCUT2D eigenvalue weighted by Gasteiger charge is 2.30. The molecule has 0 aromatic carbocycles. The molecule has 1 aliphatic carbocycles. The maximum atomic E-state index is 5.96. The van der Waals surface area contributed by atoms with Crippen molar-refractivity contribution < 1.29 is 0 Å². The lowest BCUT2D eigenvalue weighted by atomic mass is 9.78. The highest BCUT2D eigenvalue weighted by atomic mass is 15.2. The largest absolute Gasteiger partial charge is 0.330 e. The zero-order valence-corrected chi connectivity index (χ0v) is 12.3. The van der Waals surface area contributed by atoms with Gasteiger partial charge in [-0.2, -0.15) is 0 Å². The van der Waals surface area contributed by atoms with Gasteiger partial charge in [-0.3, -0.25) is 0 Å². The van der Waals surface area contributed by atoms with Crippen molar-refractivity contribution in [3.8, 4) is 0 Å². The molecule has 3 heteroatoms. The van der Waals surface area contributed by atoms with Crippen LogP contribution in [-0.2, 0) is 0 Å². The molecular formula is C15H31N3. The van der Waals surface area contributed by atoms with E-state index in [2.05, 4.69) is 23.8 Å². The van der Waals surface area contributed by atoms with Crippen LogP contribution in [0.4, 0.5) is 0 Å². The fourth-order valence-corrected chi connectivity index (χ4v) is 3.70. The lowest BCUT2D eigenvalue weighted by Crippen LogP contribution is -2.47. The van der Waals surface area contributed by atoms with Crippen molar-refractivity contribution in [1.29, 1.82) is 0 Å². The first-order valence-corrected chi connectivity index (χ1v) is 7.83. The van der Waals surface area contributed by atoms with Crippen molar-refractivity contribution in [2.24, 2.45) is 17.6 Å². The number of rotatable bonds is 5. The van der Waals surface area contributed by atoms with Crippen LogP contribution in [0, 0.1) is 11.8 Å². The Morgan fingerprint density at radius 2 is 1.94 bits per heavy atom. The van der Waals surface area contributed by atoms with E-state index in [1.54, 1.807) is 0 Å². The number of hydrogen-bond acceptors (Lipinski definition) is 3. The van der Waals surface area contributed by atoms with Crippen molar-refractivity contribution in [2.45, 2.75) is 45.1 Å². The number of likely N-dealkylation sites (tertiary alicyclic amines) is 1. The molecule has 2 rings (SSSR count). The van der Waals surface area contributed by atoms with E-state index >= 15 is 0 Å². The van der Waals surface area contributed by atoms with Crippen LogP contribution in [0.3, 0.4) is 0 Å². The van der Waals surface area contributed by atoms with Crippen LogP contribution in [0.15, 0.2) is 0 Å². The van der Waals surface area contributed by atoms with Gasteiger partial charge in [-0.15, -0.1) is 0 Å². The van der Waals surface area contributed by atoms with E-state index in [0.29, 0.717) is 0 Å². The first kappa shape index (κ1) is 14.3. The molecule has 106 valence electrons. The Morgan fingerprint density at radius 1 is 1.22 bits per heavy atom. The third-order valence-electron chi connectivity index (χ3n) is 5.05. The SMILES string of the molecule is CC1CCC(CN)C(N(C)CCN2CCCC2)C1. The molecule has 2 N–H and O–H groups in total. The van der Waals surface area contributed by atoms with Gasteiger partial charge in [0.2, 0.25) is 0 Å². The summed E-state index contributed by atoms with van der Waals surface area (Å²) in [5.74, 6) is 1.61. The van der Waals surface area contributed by atoms with Gasteiger partial charge >= 0.3 is 0 Å². The van der Waals surface area contributed by atoms with E-state index in [4.69, 9.17) is 5.73 Å². The minimum absolute atomic E-state index is 0.723. The molecule has 3 unspecified atom stereocenters. The van der Waals surface area contributed by atoms with Crippen molar-refractivity contribution in [3.63, 3.8) is 0 Å². The monoisotopic (exact) mass is 253 g/mol. The molecule has 1 saturated heterocycles.